The Balaban J connectivity index is 1.76. The van der Waals surface area contributed by atoms with Crippen LogP contribution in [0.15, 0.2) is 29.8 Å². The zero-order valence-corrected chi connectivity index (χ0v) is 14.3. The van der Waals surface area contributed by atoms with Crippen molar-refractivity contribution in [3.8, 4) is 5.75 Å². The van der Waals surface area contributed by atoms with Crippen LogP contribution in [-0.4, -0.2) is 18.6 Å². The zero-order chi connectivity index (χ0) is 16.0. The molecule has 1 aromatic heterocycles. The Labute approximate surface area is 138 Å². The summed E-state index contributed by atoms with van der Waals surface area (Å²) in [4.78, 5) is 3.71. The van der Waals surface area contributed by atoms with Gasteiger partial charge in [0.25, 0.3) is 0 Å². The topological polar surface area (TPSA) is 37.0 Å². The summed E-state index contributed by atoms with van der Waals surface area (Å²) in [6.07, 6.45) is 5.94. The third-order valence-corrected chi connectivity index (χ3v) is 5.74. The summed E-state index contributed by atoms with van der Waals surface area (Å²) >= 11 is 0. The minimum absolute atomic E-state index is 0.441. The first-order valence-corrected chi connectivity index (χ1v) is 8.75. The van der Waals surface area contributed by atoms with Crippen molar-refractivity contribution in [1.29, 1.82) is 0 Å². The van der Waals surface area contributed by atoms with E-state index in [0.29, 0.717) is 12.0 Å². The standard InChI is InChI=1S/C20H26N2O/c1-12-4-6-15(13(2)10-12)19-20-16(8-9-21-19)17-11-14(23-3)5-7-18(17)22-20/h4-5,7,11,13,15,19,21-22H,6,8-10H2,1-3H3/t13-,15+,19-/m1/s1. The van der Waals surface area contributed by atoms with Gasteiger partial charge in [0.1, 0.15) is 5.75 Å². The van der Waals surface area contributed by atoms with Crippen LogP contribution in [0.5, 0.6) is 5.75 Å². The lowest BCUT2D eigenvalue weighted by atomic mass is 9.74. The molecule has 1 aliphatic heterocycles. The normalized spacial score (nSPS) is 27.6. The van der Waals surface area contributed by atoms with Crippen molar-refractivity contribution in [2.75, 3.05) is 13.7 Å². The molecule has 0 spiro atoms. The molecule has 2 aromatic rings. The maximum Gasteiger partial charge on any atom is 0.119 e. The lowest BCUT2D eigenvalue weighted by Crippen LogP contribution is -2.38. The van der Waals surface area contributed by atoms with Crippen molar-refractivity contribution < 1.29 is 4.74 Å². The molecule has 3 heteroatoms. The van der Waals surface area contributed by atoms with Gasteiger partial charge in [0.2, 0.25) is 0 Å². The molecule has 1 aliphatic carbocycles. The number of fused-ring (bicyclic) bond motifs is 3. The number of hydrogen-bond donors (Lipinski definition) is 2. The van der Waals surface area contributed by atoms with Crippen LogP contribution in [0.2, 0.25) is 0 Å². The lowest BCUT2D eigenvalue weighted by molar-refractivity contribution is 0.243. The highest BCUT2D eigenvalue weighted by atomic mass is 16.5. The van der Waals surface area contributed by atoms with Crippen LogP contribution in [-0.2, 0) is 6.42 Å². The van der Waals surface area contributed by atoms with Crippen molar-refractivity contribution in [2.45, 2.75) is 39.2 Å². The van der Waals surface area contributed by atoms with E-state index in [0.717, 1.165) is 24.6 Å². The van der Waals surface area contributed by atoms with Gasteiger partial charge in [-0.05, 0) is 68.3 Å². The van der Waals surface area contributed by atoms with E-state index >= 15 is 0 Å². The van der Waals surface area contributed by atoms with E-state index < -0.39 is 0 Å². The number of hydrogen-bond acceptors (Lipinski definition) is 2. The Hall–Kier alpha value is -1.74. The molecule has 2 heterocycles. The molecule has 0 saturated heterocycles. The highest BCUT2D eigenvalue weighted by molar-refractivity contribution is 5.86. The van der Waals surface area contributed by atoms with Crippen LogP contribution in [0, 0.1) is 11.8 Å². The lowest BCUT2D eigenvalue weighted by Gasteiger charge is -2.37. The molecule has 0 amide bonds. The van der Waals surface area contributed by atoms with Crippen LogP contribution >= 0.6 is 0 Å². The quantitative estimate of drug-likeness (QED) is 0.809. The molecule has 4 rings (SSSR count). The molecule has 2 N–H and O–H groups in total. The van der Waals surface area contributed by atoms with Gasteiger partial charge in [-0.15, -0.1) is 0 Å². The first-order valence-electron chi connectivity index (χ1n) is 8.75. The number of allylic oxidation sites excluding steroid dienone is 2. The van der Waals surface area contributed by atoms with E-state index in [1.165, 1.54) is 35.0 Å². The number of methoxy groups -OCH3 is 1. The van der Waals surface area contributed by atoms with E-state index in [2.05, 4.69) is 42.4 Å². The fourth-order valence-corrected chi connectivity index (χ4v) is 4.51. The number of benzene rings is 1. The van der Waals surface area contributed by atoms with Gasteiger partial charge >= 0.3 is 0 Å². The summed E-state index contributed by atoms with van der Waals surface area (Å²) in [5.41, 5.74) is 5.68. The number of rotatable bonds is 2. The summed E-state index contributed by atoms with van der Waals surface area (Å²) in [6, 6.07) is 6.82. The van der Waals surface area contributed by atoms with Gasteiger partial charge in [-0.3, -0.25) is 0 Å². The van der Waals surface area contributed by atoms with Crippen molar-refractivity contribution in [2.24, 2.45) is 11.8 Å². The zero-order valence-electron chi connectivity index (χ0n) is 14.3. The van der Waals surface area contributed by atoms with Gasteiger partial charge in [-0.1, -0.05) is 18.6 Å². The van der Waals surface area contributed by atoms with Crippen LogP contribution in [0.25, 0.3) is 10.9 Å². The molecule has 2 aliphatic rings. The minimum Gasteiger partial charge on any atom is -0.497 e. The second-order valence-electron chi connectivity index (χ2n) is 7.24. The summed E-state index contributed by atoms with van der Waals surface area (Å²) in [7, 11) is 1.74. The van der Waals surface area contributed by atoms with E-state index in [1.54, 1.807) is 12.7 Å². The Morgan fingerprint density at radius 3 is 2.91 bits per heavy atom. The van der Waals surface area contributed by atoms with Gasteiger partial charge in [-0.25, -0.2) is 0 Å². The largest absolute Gasteiger partial charge is 0.497 e. The first-order chi connectivity index (χ1) is 11.2. The number of nitrogens with one attached hydrogen (secondary N) is 2. The second-order valence-corrected chi connectivity index (χ2v) is 7.24. The average molecular weight is 310 g/mol. The number of aromatic amines is 1. The Morgan fingerprint density at radius 1 is 1.26 bits per heavy atom. The predicted octanol–water partition coefficient (Wildman–Crippen LogP) is 4.36. The fraction of sp³-hybridized carbons (Fsp3) is 0.500. The van der Waals surface area contributed by atoms with Gasteiger partial charge < -0.3 is 15.0 Å². The predicted molar refractivity (Wildman–Crippen MR) is 94.9 cm³/mol. The van der Waals surface area contributed by atoms with Crippen molar-refractivity contribution in [3.63, 3.8) is 0 Å². The van der Waals surface area contributed by atoms with Gasteiger partial charge in [-0.2, -0.15) is 0 Å². The van der Waals surface area contributed by atoms with Crippen LogP contribution in [0.3, 0.4) is 0 Å². The molecule has 0 radical (unpaired) electrons. The highest BCUT2D eigenvalue weighted by Gasteiger charge is 2.34. The molecule has 1 aromatic carbocycles. The summed E-state index contributed by atoms with van der Waals surface area (Å²) in [6.45, 7) is 5.73. The Kier molecular flexibility index (Phi) is 3.68. The highest BCUT2D eigenvalue weighted by Crippen LogP contribution is 2.42. The van der Waals surface area contributed by atoms with Crippen LogP contribution in [0.4, 0.5) is 0 Å². The summed E-state index contributed by atoms with van der Waals surface area (Å²) < 4.78 is 5.42. The molecule has 3 atom stereocenters. The van der Waals surface area contributed by atoms with E-state index in [4.69, 9.17) is 4.74 Å². The molecule has 0 saturated carbocycles. The van der Waals surface area contributed by atoms with Crippen molar-refractivity contribution in [1.82, 2.24) is 10.3 Å². The SMILES string of the molecule is COc1ccc2[nH]c3c(c2c1)CCN[C@@H]3[C@H]1CC=C(C)C[C@H]1C. The summed E-state index contributed by atoms with van der Waals surface area (Å²) in [5.74, 6) is 2.34. The number of ether oxygens (including phenoxy) is 1. The van der Waals surface area contributed by atoms with Gasteiger partial charge in [0.15, 0.2) is 0 Å². The van der Waals surface area contributed by atoms with E-state index in [-0.39, 0.29) is 0 Å². The first kappa shape index (κ1) is 14.8. The fourth-order valence-electron chi connectivity index (χ4n) is 4.51. The molecular weight excluding hydrogens is 284 g/mol. The smallest absolute Gasteiger partial charge is 0.119 e. The monoisotopic (exact) mass is 310 g/mol. The van der Waals surface area contributed by atoms with E-state index in [1.807, 2.05) is 6.07 Å². The maximum atomic E-state index is 5.42. The third-order valence-electron chi connectivity index (χ3n) is 5.74. The second kappa shape index (κ2) is 5.72. The summed E-state index contributed by atoms with van der Waals surface area (Å²) in [5, 5.41) is 5.12. The molecule has 0 unspecified atom stereocenters. The number of H-pyrrole nitrogens is 1. The Bertz CT molecular complexity index is 758. The molecule has 122 valence electrons. The molecule has 0 fully saturated rings. The third kappa shape index (κ3) is 2.47. The maximum absolute atomic E-state index is 5.42. The van der Waals surface area contributed by atoms with Crippen LogP contribution in [0.1, 0.15) is 44.0 Å². The molecule has 3 nitrogen and oxygen atoms in total. The van der Waals surface area contributed by atoms with Crippen molar-refractivity contribution in [3.05, 3.63) is 41.1 Å². The van der Waals surface area contributed by atoms with Crippen molar-refractivity contribution >= 4 is 10.9 Å². The minimum atomic E-state index is 0.441. The van der Waals surface area contributed by atoms with Crippen LogP contribution < -0.4 is 10.1 Å². The van der Waals surface area contributed by atoms with E-state index in [9.17, 15) is 0 Å². The molecule has 0 bridgehead atoms. The number of aromatic nitrogens is 1. The van der Waals surface area contributed by atoms with Gasteiger partial charge in [0.05, 0.1) is 13.2 Å². The molecular formula is C20H26N2O. The Morgan fingerprint density at radius 2 is 2.13 bits per heavy atom. The average Bonchev–Trinajstić information content (AvgIpc) is 2.93. The molecule has 23 heavy (non-hydrogen) atoms. The van der Waals surface area contributed by atoms with Gasteiger partial charge in [0, 0.05) is 16.6 Å².